The van der Waals surface area contributed by atoms with Crippen molar-refractivity contribution in [3.63, 3.8) is 0 Å². The number of carbonyl (C=O) groups is 1. The standard InChI is InChI=1S/C19H27FN6O/c1-3-8-26-18(21-14-22-26)15(2)23-19(27)25-11-9-24(10-12-25)13-16-4-6-17(20)7-5-16/h4-7,14-15H,3,8-13H2,1-2H3,(H,23,27). The molecule has 0 saturated carbocycles. The van der Waals surface area contributed by atoms with E-state index in [1.807, 2.05) is 28.6 Å². The van der Waals surface area contributed by atoms with E-state index in [1.165, 1.54) is 18.5 Å². The molecule has 8 heteroatoms. The van der Waals surface area contributed by atoms with E-state index in [2.05, 4.69) is 27.2 Å². The van der Waals surface area contributed by atoms with E-state index in [-0.39, 0.29) is 17.9 Å². The van der Waals surface area contributed by atoms with Gasteiger partial charge in [-0.25, -0.2) is 18.9 Å². The highest BCUT2D eigenvalue weighted by atomic mass is 19.1. The second-order valence-electron chi connectivity index (χ2n) is 6.90. The molecule has 1 saturated heterocycles. The smallest absolute Gasteiger partial charge is 0.318 e. The summed E-state index contributed by atoms with van der Waals surface area (Å²) in [6.45, 7) is 8.50. The van der Waals surface area contributed by atoms with Crippen molar-refractivity contribution in [1.82, 2.24) is 29.9 Å². The first kappa shape index (κ1) is 19.3. The molecule has 2 amide bonds. The molecule has 0 bridgehead atoms. The van der Waals surface area contributed by atoms with Crippen molar-refractivity contribution >= 4 is 6.03 Å². The summed E-state index contributed by atoms with van der Waals surface area (Å²) in [5.41, 5.74) is 1.08. The van der Waals surface area contributed by atoms with Crippen molar-refractivity contribution < 1.29 is 9.18 Å². The van der Waals surface area contributed by atoms with Gasteiger partial charge in [-0.1, -0.05) is 19.1 Å². The Kier molecular flexibility index (Phi) is 6.39. The molecule has 0 spiro atoms. The molecule has 1 N–H and O–H groups in total. The Morgan fingerprint density at radius 2 is 1.93 bits per heavy atom. The van der Waals surface area contributed by atoms with Crippen LogP contribution in [0.15, 0.2) is 30.6 Å². The minimum Gasteiger partial charge on any atom is -0.328 e. The van der Waals surface area contributed by atoms with E-state index in [1.54, 1.807) is 0 Å². The fourth-order valence-corrected chi connectivity index (χ4v) is 3.29. The summed E-state index contributed by atoms with van der Waals surface area (Å²) in [4.78, 5) is 21.0. The van der Waals surface area contributed by atoms with Crippen molar-refractivity contribution in [1.29, 1.82) is 0 Å². The number of hydrogen-bond acceptors (Lipinski definition) is 4. The minimum atomic E-state index is -0.218. The molecule has 1 aliphatic rings. The van der Waals surface area contributed by atoms with Crippen LogP contribution in [0.1, 0.15) is 37.7 Å². The van der Waals surface area contributed by atoms with Crippen LogP contribution in [0.2, 0.25) is 0 Å². The third kappa shape index (κ3) is 5.03. The summed E-state index contributed by atoms with van der Waals surface area (Å²) in [6.07, 6.45) is 2.49. The topological polar surface area (TPSA) is 66.3 Å². The lowest BCUT2D eigenvalue weighted by Gasteiger charge is -2.35. The molecule has 0 aliphatic carbocycles. The summed E-state index contributed by atoms with van der Waals surface area (Å²) >= 11 is 0. The molecule has 0 radical (unpaired) electrons. The van der Waals surface area contributed by atoms with Crippen molar-refractivity contribution in [2.45, 2.75) is 39.4 Å². The molecule has 1 fully saturated rings. The number of rotatable bonds is 6. The molecule has 3 rings (SSSR count). The van der Waals surface area contributed by atoms with E-state index in [0.717, 1.165) is 44.0 Å². The summed E-state index contributed by atoms with van der Waals surface area (Å²) in [5.74, 6) is 0.560. The van der Waals surface area contributed by atoms with E-state index in [9.17, 15) is 9.18 Å². The molecule has 2 aromatic rings. The number of nitrogens with zero attached hydrogens (tertiary/aromatic N) is 5. The van der Waals surface area contributed by atoms with Gasteiger partial charge in [-0.15, -0.1) is 0 Å². The lowest BCUT2D eigenvalue weighted by atomic mass is 10.2. The van der Waals surface area contributed by atoms with Crippen LogP contribution in [0.25, 0.3) is 0 Å². The normalized spacial score (nSPS) is 16.3. The van der Waals surface area contributed by atoms with Gasteiger partial charge in [0.15, 0.2) is 0 Å². The van der Waals surface area contributed by atoms with E-state index < -0.39 is 0 Å². The Balaban J connectivity index is 1.48. The first-order valence-electron chi connectivity index (χ1n) is 9.46. The van der Waals surface area contributed by atoms with Gasteiger partial charge in [0.1, 0.15) is 18.0 Å². The second-order valence-corrected chi connectivity index (χ2v) is 6.90. The maximum Gasteiger partial charge on any atom is 0.318 e. The molecule has 1 aromatic heterocycles. The van der Waals surface area contributed by atoms with Crippen LogP contribution in [-0.4, -0.2) is 56.8 Å². The van der Waals surface area contributed by atoms with Crippen LogP contribution in [0, 0.1) is 5.82 Å². The molecular formula is C19H27FN6O. The van der Waals surface area contributed by atoms with Crippen LogP contribution in [0.4, 0.5) is 9.18 Å². The highest BCUT2D eigenvalue weighted by molar-refractivity contribution is 5.74. The first-order valence-corrected chi connectivity index (χ1v) is 9.46. The molecule has 1 aliphatic heterocycles. The van der Waals surface area contributed by atoms with Crippen LogP contribution in [0.5, 0.6) is 0 Å². The van der Waals surface area contributed by atoms with Crippen LogP contribution < -0.4 is 5.32 Å². The molecule has 1 atom stereocenters. The molecule has 1 unspecified atom stereocenters. The number of hydrogen-bond donors (Lipinski definition) is 1. The van der Waals surface area contributed by atoms with Gasteiger partial charge in [0.2, 0.25) is 0 Å². The van der Waals surface area contributed by atoms with Gasteiger partial charge < -0.3 is 10.2 Å². The number of nitrogens with one attached hydrogen (secondary N) is 1. The number of aromatic nitrogens is 3. The zero-order valence-electron chi connectivity index (χ0n) is 15.9. The average molecular weight is 374 g/mol. The lowest BCUT2D eigenvalue weighted by Crippen LogP contribution is -2.51. The Bertz CT molecular complexity index is 739. The highest BCUT2D eigenvalue weighted by Gasteiger charge is 2.23. The number of halogens is 1. The van der Waals surface area contributed by atoms with Gasteiger partial charge in [0, 0.05) is 39.3 Å². The zero-order chi connectivity index (χ0) is 19.2. The number of benzene rings is 1. The van der Waals surface area contributed by atoms with Crippen LogP contribution in [-0.2, 0) is 13.1 Å². The Hall–Kier alpha value is -2.48. The second kappa shape index (κ2) is 8.94. The number of carbonyl (C=O) groups excluding carboxylic acids is 1. The largest absolute Gasteiger partial charge is 0.328 e. The van der Waals surface area contributed by atoms with Gasteiger partial charge in [0.05, 0.1) is 6.04 Å². The van der Waals surface area contributed by atoms with Gasteiger partial charge in [-0.3, -0.25) is 4.90 Å². The maximum absolute atomic E-state index is 13.0. The molecule has 27 heavy (non-hydrogen) atoms. The number of urea groups is 1. The highest BCUT2D eigenvalue weighted by Crippen LogP contribution is 2.12. The Morgan fingerprint density at radius 1 is 1.22 bits per heavy atom. The van der Waals surface area contributed by atoms with Gasteiger partial charge >= 0.3 is 6.03 Å². The SMILES string of the molecule is CCCn1ncnc1C(C)NC(=O)N1CCN(Cc2ccc(F)cc2)CC1. The predicted octanol–water partition coefficient (Wildman–Crippen LogP) is 2.42. The van der Waals surface area contributed by atoms with Crippen molar-refractivity contribution in [3.05, 3.63) is 47.8 Å². The monoisotopic (exact) mass is 374 g/mol. The maximum atomic E-state index is 13.0. The fraction of sp³-hybridized carbons (Fsp3) is 0.526. The van der Waals surface area contributed by atoms with E-state index in [0.29, 0.717) is 13.1 Å². The Morgan fingerprint density at radius 3 is 2.59 bits per heavy atom. The van der Waals surface area contributed by atoms with Gasteiger partial charge in [0.25, 0.3) is 0 Å². The fourth-order valence-electron chi connectivity index (χ4n) is 3.29. The van der Waals surface area contributed by atoms with Crippen LogP contribution >= 0.6 is 0 Å². The molecule has 7 nitrogen and oxygen atoms in total. The summed E-state index contributed by atoms with van der Waals surface area (Å²) in [6, 6.07) is 6.32. The molecule has 1 aromatic carbocycles. The first-order chi connectivity index (χ1) is 13.1. The van der Waals surface area contributed by atoms with Gasteiger partial charge in [-0.05, 0) is 31.0 Å². The lowest BCUT2D eigenvalue weighted by molar-refractivity contribution is 0.133. The van der Waals surface area contributed by atoms with Crippen LogP contribution in [0.3, 0.4) is 0 Å². The predicted molar refractivity (Wildman–Crippen MR) is 101 cm³/mol. The third-order valence-corrected chi connectivity index (χ3v) is 4.79. The van der Waals surface area contributed by atoms with Crippen molar-refractivity contribution in [2.24, 2.45) is 0 Å². The number of aryl methyl sites for hydroxylation is 1. The number of amides is 2. The average Bonchev–Trinajstić information content (AvgIpc) is 3.13. The summed E-state index contributed by atoms with van der Waals surface area (Å²) in [5, 5.41) is 7.24. The van der Waals surface area contributed by atoms with Crippen molar-refractivity contribution in [3.8, 4) is 0 Å². The Labute approximate surface area is 159 Å². The summed E-state index contributed by atoms with van der Waals surface area (Å²) in [7, 11) is 0. The zero-order valence-corrected chi connectivity index (χ0v) is 15.9. The van der Waals surface area contributed by atoms with Gasteiger partial charge in [-0.2, -0.15) is 5.10 Å². The van der Waals surface area contributed by atoms with E-state index in [4.69, 9.17) is 0 Å². The molecule has 2 heterocycles. The molecular weight excluding hydrogens is 347 g/mol. The summed E-state index contributed by atoms with van der Waals surface area (Å²) < 4.78 is 14.8. The van der Waals surface area contributed by atoms with Crippen molar-refractivity contribution in [2.75, 3.05) is 26.2 Å². The van der Waals surface area contributed by atoms with E-state index >= 15 is 0 Å². The quantitative estimate of drug-likeness (QED) is 0.843. The third-order valence-electron chi connectivity index (χ3n) is 4.79. The molecule has 146 valence electrons. The minimum absolute atomic E-state index is 0.0741. The number of piperazine rings is 1.